The van der Waals surface area contributed by atoms with E-state index in [0.717, 1.165) is 0 Å². The van der Waals surface area contributed by atoms with E-state index < -0.39 is 66.3 Å². The van der Waals surface area contributed by atoms with E-state index in [1.165, 1.54) is 13.8 Å². The summed E-state index contributed by atoms with van der Waals surface area (Å²) in [5, 5.41) is 25.5. The molecule has 0 radical (unpaired) electrons. The smallest absolute Gasteiger partial charge is 0.328 e. The number of carbonyl (C=O) groups excluding carboxylic acids is 4. The summed E-state index contributed by atoms with van der Waals surface area (Å²) < 4.78 is 0. The number of primary amides is 1. The molecular formula is C17H31N5O7. The zero-order chi connectivity index (χ0) is 22.9. The second-order valence-electron chi connectivity index (χ2n) is 7.26. The van der Waals surface area contributed by atoms with Crippen LogP contribution >= 0.6 is 0 Å². The van der Waals surface area contributed by atoms with Crippen LogP contribution in [0.15, 0.2) is 0 Å². The van der Waals surface area contributed by atoms with Gasteiger partial charge in [0.05, 0.1) is 18.6 Å². The van der Waals surface area contributed by atoms with Crippen LogP contribution in [0, 0.1) is 5.92 Å². The largest absolute Gasteiger partial charge is 0.480 e. The van der Waals surface area contributed by atoms with Crippen molar-refractivity contribution in [2.45, 2.75) is 70.8 Å². The van der Waals surface area contributed by atoms with E-state index >= 15 is 0 Å². The molecule has 0 spiro atoms. The van der Waals surface area contributed by atoms with E-state index in [1.54, 1.807) is 13.8 Å². The maximum absolute atomic E-state index is 12.4. The molecule has 12 nitrogen and oxygen atoms in total. The van der Waals surface area contributed by atoms with Crippen molar-refractivity contribution in [1.29, 1.82) is 0 Å². The van der Waals surface area contributed by atoms with Crippen LogP contribution < -0.4 is 27.4 Å². The molecule has 0 aromatic carbocycles. The Bertz CT molecular complexity index is 623. The number of aliphatic hydroxyl groups excluding tert-OH is 1. The number of carboxylic acid groups (broad SMARTS) is 1. The lowest BCUT2D eigenvalue weighted by molar-refractivity contribution is -0.145. The maximum atomic E-state index is 12.4. The van der Waals surface area contributed by atoms with E-state index in [0.29, 0.717) is 0 Å². The molecule has 0 aliphatic carbocycles. The van der Waals surface area contributed by atoms with Gasteiger partial charge in [-0.15, -0.1) is 0 Å². The molecule has 0 saturated heterocycles. The molecule has 5 unspecified atom stereocenters. The summed E-state index contributed by atoms with van der Waals surface area (Å²) in [6, 6.07) is -4.95. The first-order valence-electron chi connectivity index (χ1n) is 9.12. The highest BCUT2D eigenvalue weighted by molar-refractivity contribution is 5.94. The molecule has 0 aliphatic heterocycles. The Labute approximate surface area is 168 Å². The Kier molecular flexibility index (Phi) is 10.8. The highest BCUT2D eigenvalue weighted by Crippen LogP contribution is 2.07. The Balaban J connectivity index is 5.10. The monoisotopic (exact) mass is 417 g/mol. The van der Waals surface area contributed by atoms with Gasteiger partial charge in [0.1, 0.15) is 12.1 Å². The fourth-order valence-electron chi connectivity index (χ4n) is 2.34. The molecule has 9 N–H and O–H groups in total. The topological polar surface area (TPSA) is 214 Å². The number of rotatable bonds is 12. The van der Waals surface area contributed by atoms with Crippen LogP contribution in [-0.2, 0) is 24.0 Å². The first-order chi connectivity index (χ1) is 13.3. The summed E-state index contributed by atoms with van der Waals surface area (Å²) in [5.74, 6) is -4.50. The van der Waals surface area contributed by atoms with Gasteiger partial charge in [-0.25, -0.2) is 4.79 Å². The van der Waals surface area contributed by atoms with Crippen LogP contribution in [-0.4, -0.2) is 70.1 Å². The number of carbonyl (C=O) groups is 5. The summed E-state index contributed by atoms with van der Waals surface area (Å²) in [7, 11) is 0. The normalized spacial score (nSPS) is 16.1. The van der Waals surface area contributed by atoms with Crippen LogP contribution in [0.1, 0.15) is 40.5 Å². The minimum Gasteiger partial charge on any atom is -0.480 e. The van der Waals surface area contributed by atoms with Crippen molar-refractivity contribution in [3.63, 3.8) is 0 Å². The average molecular weight is 417 g/mol. The van der Waals surface area contributed by atoms with Gasteiger partial charge in [0.25, 0.3) is 0 Å². The predicted octanol–water partition coefficient (Wildman–Crippen LogP) is -2.83. The van der Waals surface area contributed by atoms with Crippen molar-refractivity contribution in [1.82, 2.24) is 16.0 Å². The van der Waals surface area contributed by atoms with Crippen LogP contribution in [0.2, 0.25) is 0 Å². The van der Waals surface area contributed by atoms with Crippen molar-refractivity contribution in [2.24, 2.45) is 17.4 Å². The number of aliphatic carboxylic acids is 1. The van der Waals surface area contributed by atoms with Crippen molar-refractivity contribution < 1.29 is 34.2 Å². The first kappa shape index (κ1) is 26.3. The fraction of sp³-hybridized carbons (Fsp3) is 0.706. The minimum atomic E-state index is -1.54. The lowest BCUT2D eigenvalue weighted by Crippen LogP contribution is -2.58. The fourth-order valence-corrected chi connectivity index (χ4v) is 2.34. The Morgan fingerprint density at radius 2 is 1.45 bits per heavy atom. The second-order valence-corrected chi connectivity index (χ2v) is 7.26. The van der Waals surface area contributed by atoms with Crippen molar-refractivity contribution in [3.8, 4) is 0 Å². The maximum Gasteiger partial charge on any atom is 0.328 e. The molecule has 0 bridgehead atoms. The number of amides is 4. The third-order valence-electron chi connectivity index (χ3n) is 3.90. The number of carboxylic acids is 1. The van der Waals surface area contributed by atoms with E-state index in [9.17, 15) is 29.1 Å². The van der Waals surface area contributed by atoms with E-state index in [4.69, 9.17) is 16.6 Å². The molecule has 0 fully saturated rings. The van der Waals surface area contributed by atoms with Crippen molar-refractivity contribution in [3.05, 3.63) is 0 Å². The zero-order valence-corrected chi connectivity index (χ0v) is 17.0. The minimum absolute atomic E-state index is 0.0326. The van der Waals surface area contributed by atoms with Crippen LogP contribution in [0.3, 0.4) is 0 Å². The van der Waals surface area contributed by atoms with E-state index in [2.05, 4.69) is 16.0 Å². The molecule has 0 rings (SSSR count). The first-order valence-corrected chi connectivity index (χ1v) is 9.12. The van der Waals surface area contributed by atoms with Gasteiger partial charge < -0.3 is 37.6 Å². The Morgan fingerprint density at radius 3 is 1.86 bits per heavy atom. The predicted molar refractivity (Wildman–Crippen MR) is 102 cm³/mol. The average Bonchev–Trinajstić information content (AvgIpc) is 2.56. The van der Waals surface area contributed by atoms with Gasteiger partial charge in [-0.2, -0.15) is 0 Å². The summed E-state index contributed by atoms with van der Waals surface area (Å²) in [6.45, 7) is 6.15. The van der Waals surface area contributed by atoms with Crippen LogP contribution in [0.25, 0.3) is 0 Å². The summed E-state index contributed by atoms with van der Waals surface area (Å²) in [5.41, 5.74) is 10.5. The number of hydrogen-bond donors (Lipinski definition) is 7. The highest BCUT2D eigenvalue weighted by atomic mass is 16.4. The van der Waals surface area contributed by atoms with Crippen LogP contribution in [0.5, 0.6) is 0 Å². The van der Waals surface area contributed by atoms with Crippen LogP contribution in [0.4, 0.5) is 0 Å². The third-order valence-corrected chi connectivity index (χ3v) is 3.90. The molecule has 0 aromatic heterocycles. The van der Waals surface area contributed by atoms with Gasteiger partial charge in [0, 0.05) is 0 Å². The molecule has 0 aliphatic rings. The molecule has 0 heterocycles. The molecule has 12 heteroatoms. The number of nitrogens with one attached hydrogen (secondary N) is 3. The number of aliphatic hydroxyl groups is 1. The Hall–Kier alpha value is -2.73. The lowest BCUT2D eigenvalue weighted by atomic mass is 10.0. The van der Waals surface area contributed by atoms with Gasteiger partial charge in [-0.3, -0.25) is 19.2 Å². The van der Waals surface area contributed by atoms with Gasteiger partial charge in [-0.1, -0.05) is 13.8 Å². The lowest BCUT2D eigenvalue weighted by Gasteiger charge is -2.25. The molecular weight excluding hydrogens is 386 g/mol. The Morgan fingerprint density at radius 1 is 0.897 bits per heavy atom. The molecule has 166 valence electrons. The quantitative estimate of drug-likeness (QED) is 0.175. The van der Waals surface area contributed by atoms with Gasteiger partial charge in [0.2, 0.25) is 23.6 Å². The third kappa shape index (κ3) is 9.85. The molecule has 4 amide bonds. The molecule has 29 heavy (non-hydrogen) atoms. The summed E-state index contributed by atoms with van der Waals surface area (Å²) in [4.78, 5) is 58.7. The molecule has 0 saturated carbocycles. The van der Waals surface area contributed by atoms with Crippen molar-refractivity contribution >= 4 is 29.6 Å². The standard InChI is InChI=1S/C17H31N5O7/c1-7(2)5-11(16(27)22-13(9(4)23)17(28)29)21-14(25)8(3)20-15(26)10(18)6-12(19)24/h7-11,13,23H,5-6,18H2,1-4H3,(H2,19,24)(H,20,26)(H,21,25)(H,22,27)(H,28,29). The molecule has 0 aromatic rings. The summed E-state index contributed by atoms with van der Waals surface area (Å²) in [6.07, 6.45) is -1.56. The van der Waals surface area contributed by atoms with Gasteiger partial charge in [-0.05, 0) is 26.2 Å². The summed E-state index contributed by atoms with van der Waals surface area (Å²) >= 11 is 0. The zero-order valence-electron chi connectivity index (χ0n) is 17.0. The number of hydrogen-bond acceptors (Lipinski definition) is 7. The van der Waals surface area contributed by atoms with E-state index in [1.807, 2.05) is 0 Å². The highest BCUT2D eigenvalue weighted by Gasteiger charge is 2.31. The van der Waals surface area contributed by atoms with E-state index in [-0.39, 0.29) is 12.3 Å². The number of nitrogens with two attached hydrogens (primary N) is 2. The molecule has 5 atom stereocenters. The SMILES string of the molecule is CC(C)CC(NC(=O)C(C)NC(=O)C(N)CC(N)=O)C(=O)NC(C(=O)O)C(C)O. The van der Waals surface area contributed by atoms with Crippen molar-refractivity contribution in [2.75, 3.05) is 0 Å². The second kappa shape index (κ2) is 12.0. The van der Waals surface area contributed by atoms with Gasteiger partial charge >= 0.3 is 5.97 Å². The van der Waals surface area contributed by atoms with Gasteiger partial charge in [0.15, 0.2) is 6.04 Å².